The number of sulfonamides is 1. The molecule has 0 radical (unpaired) electrons. The molecule has 0 saturated carbocycles. The first-order valence-electron chi connectivity index (χ1n) is 8.41. The molecule has 8 nitrogen and oxygen atoms in total. The smallest absolute Gasteiger partial charge is 0.331 e. The molecule has 28 heavy (non-hydrogen) atoms. The number of nitrogens with zero attached hydrogens (tertiary/aromatic N) is 1. The third-order valence-electron chi connectivity index (χ3n) is 3.70. The van der Waals surface area contributed by atoms with Gasteiger partial charge in [-0.05, 0) is 42.8 Å². The van der Waals surface area contributed by atoms with Gasteiger partial charge in [-0.3, -0.25) is 4.79 Å². The van der Waals surface area contributed by atoms with Gasteiger partial charge in [-0.25, -0.2) is 17.9 Å². The molecule has 0 spiro atoms. The van der Waals surface area contributed by atoms with Crippen LogP contribution in [-0.4, -0.2) is 45.4 Å². The fraction of sp³-hybridized carbons (Fsp3) is 0.263. The summed E-state index contributed by atoms with van der Waals surface area (Å²) in [6, 6.07) is 9.30. The number of nitrogens with one attached hydrogen (secondary N) is 1. The Morgan fingerprint density at radius 1 is 1.21 bits per heavy atom. The third kappa shape index (κ3) is 6.07. The summed E-state index contributed by atoms with van der Waals surface area (Å²) in [4.78, 5) is 24.9. The van der Waals surface area contributed by atoms with Crippen LogP contribution in [0.1, 0.15) is 18.2 Å². The van der Waals surface area contributed by atoms with Crippen LogP contribution in [-0.2, 0) is 30.9 Å². The van der Waals surface area contributed by atoms with Gasteiger partial charge in [0.2, 0.25) is 10.0 Å². The van der Waals surface area contributed by atoms with E-state index >= 15 is 0 Å². The summed E-state index contributed by atoms with van der Waals surface area (Å²) in [6.07, 6.45) is 3.23. The van der Waals surface area contributed by atoms with Crippen molar-refractivity contribution in [3.63, 3.8) is 0 Å². The maximum Gasteiger partial charge on any atom is 0.331 e. The predicted molar refractivity (Wildman–Crippen MR) is 102 cm³/mol. The fourth-order valence-electron chi connectivity index (χ4n) is 2.21. The largest absolute Gasteiger partial charge is 0.468 e. The Bertz CT molecular complexity index is 931. The van der Waals surface area contributed by atoms with Crippen LogP contribution in [0.3, 0.4) is 0 Å². The van der Waals surface area contributed by atoms with E-state index in [1.54, 1.807) is 38.4 Å². The molecule has 0 aliphatic rings. The number of carbonyl (C=O) groups is 2. The average molecular weight is 406 g/mol. The van der Waals surface area contributed by atoms with E-state index in [2.05, 4.69) is 4.72 Å². The van der Waals surface area contributed by atoms with E-state index in [1.807, 2.05) is 0 Å². The Kier molecular flexibility index (Phi) is 7.13. The van der Waals surface area contributed by atoms with Crippen molar-refractivity contribution in [1.82, 2.24) is 9.62 Å². The summed E-state index contributed by atoms with van der Waals surface area (Å²) >= 11 is 0. The minimum absolute atomic E-state index is 0.0483. The molecule has 1 amide bonds. The van der Waals surface area contributed by atoms with Crippen molar-refractivity contribution in [3.8, 4) is 0 Å². The van der Waals surface area contributed by atoms with Gasteiger partial charge >= 0.3 is 5.97 Å². The van der Waals surface area contributed by atoms with Crippen LogP contribution in [0.5, 0.6) is 0 Å². The van der Waals surface area contributed by atoms with E-state index in [9.17, 15) is 18.0 Å². The van der Waals surface area contributed by atoms with E-state index in [0.717, 1.165) is 0 Å². The lowest BCUT2D eigenvalue weighted by molar-refractivity contribution is -0.153. The molecule has 0 aliphatic carbocycles. The lowest BCUT2D eigenvalue weighted by Crippen LogP contribution is -2.34. The first-order valence-corrected chi connectivity index (χ1v) is 9.89. The Balaban J connectivity index is 1.95. The number of amides is 1. The zero-order valence-corrected chi connectivity index (χ0v) is 16.6. The number of furan rings is 1. The molecule has 1 aromatic heterocycles. The highest BCUT2D eigenvalue weighted by Crippen LogP contribution is 2.13. The molecule has 1 heterocycles. The van der Waals surface area contributed by atoms with Crippen molar-refractivity contribution in [2.45, 2.75) is 24.5 Å². The van der Waals surface area contributed by atoms with Crippen LogP contribution in [0.15, 0.2) is 58.1 Å². The van der Waals surface area contributed by atoms with E-state index < -0.39 is 22.1 Å². The molecule has 0 bridgehead atoms. The third-order valence-corrected chi connectivity index (χ3v) is 5.12. The normalized spacial score (nSPS) is 12.7. The van der Waals surface area contributed by atoms with Crippen molar-refractivity contribution in [3.05, 3.63) is 60.1 Å². The quantitative estimate of drug-likeness (QED) is 0.529. The molecule has 9 heteroatoms. The van der Waals surface area contributed by atoms with Gasteiger partial charge in [0.15, 0.2) is 6.10 Å². The molecule has 0 saturated heterocycles. The van der Waals surface area contributed by atoms with Crippen LogP contribution in [0.2, 0.25) is 0 Å². The molecular formula is C19H22N2O6S. The van der Waals surface area contributed by atoms with Crippen LogP contribution < -0.4 is 4.72 Å². The minimum atomic E-state index is -3.69. The molecular weight excluding hydrogens is 384 g/mol. The first-order chi connectivity index (χ1) is 13.2. The number of rotatable bonds is 8. The molecule has 1 atom stereocenters. The summed E-state index contributed by atoms with van der Waals surface area (Å²) < 4.78 is 37.1. The van der Waals surface area contributed by atoms with Gasteiger partial charge in [0, 0.05) is 20.2 Å². The SMILES string of the molecule is C[C@H](OC(=O)/C=C/c1ccc(S(=O)(=O)NCc2ccco2)cc1)C(=O)N(C)C. The van der Waals surface area contributed by atoms with Gasteiger partial charge in [-0.1, -0.05) is 12.1 Å². The second kappa shape index (κ2) is 9.34. The molecule has 0 unspecified atom stereocenters. The molecule has 2 rings (SSSR count). The molecule has 150 valence electrons. The Morgan fingerprint density at radius 2 is 1.89 bits per heavy atom. The second-order valence-corrected chi connectivity index (χ2v) is 7.89. The van der Waals surface area contributed by atoms with Crippen molar-refractivity contribution in [1.29, 1.82) is 0 Å². The highest BCUT2D eigenvalue weighted by molar-refractivity contribution is 7.89. The average Bonchev–Trinajstić information content (AvgIpc) is 3.18. The summed E-state index contributed by atoms with van der Waals surface area (Å²) in [5.41, 5.74) is 0.605. The van der Waals surface area contributed by atoms with Crippen molar-refractivity contribution in [2.75, 3.05) is 14.1 Å². The lowest BCUT2D eigenvalue weighted by Gasteiger charge is -2.16. The number of ether oxygens (including phenoxy) is 1. The van der Waals surface area contributed by atoms with Crippen LogP contribution in [0.4, 0.5) is 0 Å². The zero-order valence-electron chi connectivity index (χ0n) is 15.8. The molecule has 1 aromatic carbocycles. The number of hydrogen-bond acceptors (Lipinski definition) is 6. The van der Waals surface area contributed by atoms with Crippen molar-refractivity contribution < 1.29 is 27.2 Å². The van der Waals surface area contributed by atoms with E-state index in [4.69, 9.17) is 9.15 Å². The number of hydrogen-bond donors (Lipinski definition) is 1. The van der Waals surface area contributed by atoms with Crippen LogP contribution in [0.25, 0.3) is 6.08 Å². The summed E-state index contributed by atoms with van der Waals surface area (Å²) in [6.45, 7) is 1.54. The van der Waals surface area contributed by atoms with Crippen molar-refractivity contribution >= 4 is 28.0 Å². The zero-order chi connectivity index (χ0) is 20.7. The number of carbonyl (C=O) groups excluding carboxylic acids is 2. The van der Waals surface area contributed by atoms with Gasteiger partial charge < -0.3 is 14.1 Å². The van der Waals surface area contributed by atoms with Gasteiger partial charge in [0.1, 0.15) is 5.76 Å². The lowest BCUT2D eigenvalue weighted by atomic mass is 10.2. The second-order valence-electron chi connectivity index (χ2n) is 6.12. The minimum Gasteiger partial charge on any atom is -0.468 e. The first kappa shape index (κ1) is 21.4. The summed E-state index contributed by atoms with van der Waals surface area (Å²) in [5.74, 6) is -0.485. The summed E-state index contributed by atoms with van der Waals surface area (Å²) in [5, 5.41) is 0. The van der Waals surface area contributed by atoms with Gasteiger partial charge in [0.25, 0.3) is 5.91 Å². The maximum absolute atomic E-state index is 12.3. The maximum atomic E-state index is 12.3. The number of benzene rings is 1. The molecule has 0 fully saturated rings. The molecule has 1 N–H and O–H groups in total. The van der Waals surface area contributed by atoms with Gasteiger partial charge in [-0.15, -0.1) is 0 Å². The van der Waals surface area contributed by atoms with E-state index in [1.165, 1.54) is 42.4 Å². The standard InChI is InChI=1S/C19H22N2O6S/c1-14(19(23)21(2)3)27-18(22)11-8-15-6-9-17(10-7-15)28(24,25)20-13-16-5-4-12-26-16/h4-12,14,20H,13H2,1-3H3/b11-8+/t14-/m0/s1. The van der Waals surface area contributed by atoms with Crippen LogP contribution >= 0.6 is 0 Å². The molecule has 0 aliphatic heterocycles. The van der Waals surface area contributed by atoms with Gasteiger partial charge in [-0.2, -0.15) is 0 Å². The van der Waals surface area contributed by atoms with Crippen LogP contribution in [0, 0.1) is 0 Å². The summed E-state index contributed by atoms with van der Waals surface area (Å²) in [7, 11) is -0.544. The number of esters is 1. The predicted octanol–water partition coefficient (Wildman–Crippen LogP) is 1.79. The highest BCUT2D eigenvalue weighted by Gasteiger charge is 2.18. The highest BCUT2D eigenvalue weighted by atomic mass is 32.2. The van der Waals surface area contributed by atoms with E-state index in [-0.39, 0.29) is 17.3 Å². The topological polar surface area (TPSA) is 106 Å². The number of likely N-dealkylation sites (N-methyl/N-ethyl adjacent to an activating group) is 1. The van der Waals surface area contributed by atoms with Gasteiger partial charge in [0.05, 0.1) is 17.7 Å². The Morgan fingerprint density at radius 3 is 2.46 bits per heavy atom. The molecule has 2 aromatic rings. The van der Waals surface area contributed by atoms with Crippen molar-refractivity contribution in [2.24, 2.45) is 0 Å². The van der Waals surface area contributed by atoms with E-state index in [0.29, 0.717) is 11.3 Å². The Labute approximate surface area is 163 Å². The monoisotopic (exact) mass is 406 g/mol. The fourth-order valence-corrected chi connectivity index (χ4v) is 3.21. The Hall–Kier alpha value is -2.91.